The molecule has 3 N–H and O–H groups in total. The number of hydrogen-bond donors (Lipinski definition) is 3. The molecule has 0 bridgehead atoms. The maximum Gasteiger partial charge on any atom is 0.341 e. The fourth-order valence-electron chi connectivity index (χ4n) is 3.81. The molecule has 1 aromatic rings. The third kappa shape index (κ3) is 5.47. The summed E-state index contributed by atoms with van der Waals surface area (Å²) in [5.74, 6) is -1.64. The van der Waals surface area contributed by atoms with E-state index in [9.17, 15) is 33.6 Å². The predicted molar refractivity (Wildman–Crippen MR) is 117 cm³/mol. The molecule has 0 heterocycles. The molecule has 1 unspecified atom stereocenters. The Morgan fingerprint density at radius 3 is 2.00 bits per heavy atom. The molecule has 31 heavy (non-hydrogen) atoms. The first-order chi connectivity index (χ1) is 14.1. The number of esters is 1. The van der Waals surface area contributed by atoms with E-state index in [2.05, 4.69) is 0 Å². The molecular weight excluding hydrogens is 446 g/mol. The topological polar surface area (TPSA) is 147 Å². The van der Waals surface area contributed by atoms with Gasteiger partial charge in [0.25, 0.3) is 0 Å². The lowest BCUT2D eigenvalue weighted by Gasteiger charge is -2.39. The molecule has 0 radical (unpaired) electrons. The average molecular weight is 478 g/mol. The van der Waals surface area contributed by atoms with Crippen molar-refractivity contribution in [2.75, 3.05) is 6.61 Å². The van der Waals surface area contributed by atoms with Crippen molar-refractivity contribution in [3.63, 3.8) is 0 Å². The summed E-state index contributed by atoms with van der Waals surface area (Å²) < 4.78 is 37.6. The highest BCUT2D eigenvalue weighted by molar-refractivity contribution is 7.80. The molecule has 0 aliphatic rings. The van der Waals surface area contributed by atoms with Crippen molar-refractivity contribution in [3.8, 4) is 5.75 Å². The van der Waals surface area contributed by atoms with Crippen LogP contribution in [0.3, 0.4) is 0 Å². The van der Waals surface area contributed by atoms with Crippen LogP contribution in [0, 0.1) is 0 Å². The number of aliphatic carboxylic acids is 1. The maximum atomic E-state index is 14.2. The molecule has 1 aromatic carbocycles. The molecule has 0 aliphatic carbocycles. The van der Waals surface area contributed by atoms with Crippen LogP contribution >= 0.6 is 15.0 Å². The van der Waals surface area contributed by atoms with Crippen molar-refractivity contribution in [2.45, 2.75) is 71.1 Å². The van der Waals surface area contributed by atoms with Gasteiger partial charge in [-0.25, -0.2) is 0 Å². The first-order valence-electron chi connectivity index (χ1n) is 9.97. The molecule has 11 heteroatoms. The molecule has 0 saturated heterocycles. The Labute approximate surface area is 182 Å². The van der Waals surface area contributed by atoms with Crippen molar-refractivity contribution >= 4 is 32.2 Å². The third-order valence-electron chi connectivity index (χ3n) is 5.41. The Balaban J connectivity index is 3.94. The third-order valence-corrected chi connectivity index (χ3v) is 12.0. The van der Waals surface area contributed by atoms with E-state index in [1.807, 2.05) is 0 Å². The highest BCUT2D eigenvalue weighted by atomic mass is 31.2. The molecule has 0 fully saturated rings. The highest BCUT2D eigenvalue weighted by Gasteiger charge is 2.59. The zero-order chi connectivity index (χ0) is 24.3. The van der Waals surface area contributed by atoms with Crippen LogP contribution in [0.25, 0.3) is 0 Å². The van der Waals surface area contributed by atoms with Gasteiger partial charge in [0.1, 0.15) is 5.75 Å². The summed E-state index contributed by atoms with van der Waals surface area (Å²) >= 11 is 0. The lowest BCUT2D eigenvalue weighted by atomic mass is 9.81. The average Bonchev–Trinajstić information content (AvgIpc) is 2.60. The van der Waals surface area contributed by atoms with E-state index in [1.54, 1.807) is 20.8 Å². The van der Waals surface area contributed by atoms with E-state index in [4.69, 9.17) is 9.26 Å². The second kappa shape index (κ2) is 9.97. The minimum atomic E-state index is -4.90. The Hall–Kier alpha value is -1.50. The molecule has 1 atom stereocenters. The van der Waals surface area contributed by atoms with Crippen LogP contribution in [-0.4, -0.2) is 38.3 Å². The van der Waals surface area contributed by atoms with Gasteiger partial charge < -0.3 is 24.2 Å². The van der Waals surface area contributed by atoms with Gasteiger partial charge in [-0.2, -0.15) is 0 Å². The number of ether oxygens (including phenoxy) is 1. The number of benzene rings is 1. The summed E-state index contributed by atoms with van der Waals surface area (Å²) in [4.78, 5) is 41.4. The summed E-state index contributed by atoms with van der Waals surface area (Å²) in [5, 5.41) is 9.35. The summed E-state index contributed by atoms with van der Waals surface area (Å²) in [6.45, 7) is 9.03. The van der Waals surface area contributed by atoms with Gasteiger partial charge in [0.05, 0.1) is 13.0 Å². The molecule has 0 saturated carbocycles. The Morgan fingerprint density at radius 2 is 1.61 bits per heavy atom. The minimum Gasteiger partial charge on any atom is -0.481 e. The Kier molecular flexibility index (Phi) is 8.85. The van der Waals surface area contributed by atoms with Crippen molar-refractivity contribution in [1.82, 2.24) is 0 Å². The van der Waals surface area contributed by atoms with Crippen molar-refractivity contribution < 1.29 is 42.9 Å². The van der Waals surface area contributed by atoms with Crippen LogP contribution in [0.4, 0.5) is 0 Å². The minimum absolute atomic E-state index is 0.0331. The smallest absolute Gasteiger partial charge is 0.341 e. The Bertz CT molecular complexity index is 913. The number of hydrogen-bond acceptors (Lipinski definition) is 6. The second-order valence-electron chi connectivity index (χ2n) is 7.93. The van der Waals surface area contributed by atoms with Crippen molar-refractivity contribution in [1.29, 1.82) is 0 Å². The van der Waals surface area contributed by atoms with Gasteiger partial charge >= 0.3 is 19.5 Å². The first kappa shape index (κ1) is 27.5. The lowest BCUT2D eigenvalue weighted by Crippen LogP contribution is -2.34. The summed E-state index contributed by atoms with van der Waals surface area (Å²) in [6.07, 6.45) is -0.538. The molecular formula is C20H32O9P2. The summed E-state index contributed by atoms with van der Waals surface area (Å²) in [5.41, 5.74) is -0.776. The quantitative estimate of drug-likeness (QED) is 0.244. The van der Waals surface area contributed by atoms with Crippen LogP contribution in [0.2, 0.25) is 0 Å². The number of carboxylic acid groups (broad SMARTS) is 1. The largest absolute Gasteiger partial charge is 0.481 e. The van der Waals surface area contributed by atoms with Gasteiger partial charge in [-0.1, -0.05) is 27.7 Å². The highest BCUT2D eigenvalue weighted by Crippen LogP contribution is 2.75. The van der Waals surface area contributed by atoms with Gasteiger partial charge in [0.15, 0.2) is 4.90 Å². The number of carboxylic acids is 1. The number of rotatable bonds is 11. The lowest BCUT2D eigenvalue weighted by molar-refractivity contribution is -0.138. The molecule has 0 aliphatic heterocycles. The van der Waals surface area contributed by atoms with Gasteiger partial charge in [-0.05, 0) is 38.0 Å². The standard InChI is InChI=1S/C20H32O9P2/c1-7-20(8-2,31(25,26)27)30(24,28-9-3)15-10-11-17(29-14(4)21)16(12-15)19(5,6)13-18(22)23/h10-12H,7-9,13H2,1-6H3,(H,22,23)(H2,25,26,27). The molecule has 0 amide bonds. The first-order valence-corrected chi connectivity index (χ1v) is 13.2. The van der Waals surface area contributed by atoms with Gasteiger partial charge in [-0.15, -0.1) is 0 Å². The fourth-order valence-corrected chi connectivity index (χ4v) is 9.17. The van der Waals surface area contributed by atoms with E-state index >= 15 is 0 Å². The normalized spacial score (nSPS) is 14.7. The van der Waals surface area contributed by atoms with Crippen LogP contribution in [0.5, 0.6) is 5.75 Å². The van der Waals surface area contributed by atoms with Crippen LogP contribution in [0.15, 0.2) is 18.2 Å². The second-order valence-corrected chi connectivity index (χ2v) is 13.0. The SMILES string of the molecule is CCOP(=O)(c1ccc(OC(C)=O)c(C(C)(C)CC(=O)O)c1)C(CC)(CC)P(=O)(O)O. The van der Waals surface area contributed by atoms with E-state index in [-0.39, 0.29) is 42.5 Å². The van der Waals surface area contributed by atoms with Crippen LogP contribution in [0.1, 0.15) is 66.4 Å². The maximum absolute atomic E-state index is 14.2. The molecule has 9 nitrogen and oxygen atoms in total. The summed E-state index contributed by atoms with van der Waals surface area (Å²) in [6, 6.07) is 4.09. The van der Waals surface area contributed by atoms with E-state index < -0.39 is 37.2 Å². The monoisotopic (exact) mass is 478 g/mol. The van der Waals surface area contributed by atoms with Crippen molar-refractivity contribution in [2.24, 2.45) is 0 Å². The van der Waals surface area contributed by atoms with Gasteiger partial charge in [0.2, 0.25) is 7.37 Å². The van der Waals surface area contributed by atoms with Crippen molar-refractivity contribution in [3.05, 3.63) is 23.8 Å². The molecule has 0 spiro atoms. The zero-order valence-corrected chi connectivity index (χ0v) is 20.5. The van der Waals surface area contributed by atoms with E-state index in [0.29, 0.717) is 0 Å². The van der Waals surface area contributed by atoms with Crippen LogP contribution < -0.4 is 10.0 Å². The van der Waals surface area contributed by atoms with Gasteiger partial charge in [-0.3, -0.25) is 18.7 Å². The van der Waals surface area contributed by atoms with Gasteiger partial charge in [0, 0.05) is 23.2 Å². The molecule has 0 aromatic heterocycles. The molecule has 176 valence electrons. The fraction of sp³-hybridized carbons (Fsp3) is 0.600. The summed E-state index contributed by atoms with van der Waals surface area (Å²) in [7, 11) is -9.07. The Morgan fingerprint density at radius 1 is 1.06 bits per heavy atom. The van der Waals surface area contributed by atoms with Crippen LogP contribution in [-0.2, 0) is 28.7 Å². The number of carbonyl (C=O) groups is 2. The predicted octanol–water partition coefficient (Wildman–Crippen LogP) is 4.00. The zero-order valence-electron chi connectivity index (χ0n) is 18.7. The van der Waals surface area contributed by atoms with E-state index in [0.717, 1.165) is 0 Å². The molecule has 1 rings (SSSR count). The van der Waals surface area contributed by atoms with E-state index in [1.165, 1.54) is 39.0 Å². The number of carbonyl (C=O) groups excluding carboxylic acids is 1.